The first-order chi connectivity index (χ1) is 17.5. The van der Waals surface area contributed by atoms with E-state index in [2.05, 4.69) is 56.4 Å². The number of hydrogen-bond acceptors (Lipinski definition) is 3. The number of nitrogens with zero attached hydrogens (tertiary/aromatic N) is 1. The molecule has 2 amide bonds. The van der Waals surface area contributed by atoms with E-state index in [1.54, 1.807) is 16.7 Å². The Morgan fingerprint density at radius 1 is 0.889 bits per heavy atom. The molecular weight excluding hydrogens is 464 g/mol. The standard InChI is InChI=1S/C31H38N2O2S/c1-4-5-19-32-31(35)29(20-26-12-7-6-8-13-26)33(21-28-14-10-9-11-25(28)3)30(34)23-36-22-27-17-15-24(2)16-18-27/h6-18,29H,4-5,19-23H2,1-3H3,(H,32,35)/t29-/m1/s1. The van der Waals surface area contributed by atoms with Gasteiger partial charge >= 0.3 is 0 Å². The van der Waals surface area contributed by atoms with Crippen molar-refractivity contribution in [2.24, 2.45) is 0 Å². The molecule has 0 bridgehead atoms. The van der Waals surface area contributed by atoms with Gasteiger partial charge in [0, 0.05) is 25.3 Å². The number of hydrogen-bond donors (Lipinski definition) is 1. The van der Waals surface area contributed by atoms with E-state index in [4.69, 9.17) is 0 Å². The molecule has 0 aliphatic heterocycles. The third kappa shape index (κ3) is 8.56. The van der Waals surface area contributed by atoms with Gasteiger partial charge in [0.25, 0.3) is 0 Å². The number of unbranched alkanes of at least 4 members (excludes halogenated alkanes) is 1. The Morgan fingerprint density at radius 3 is 2.28 bits per heavy atom. The van der Waals surface area contributed by atoms with E-state index >= 15 is 0 Å². The van der Waals surface area contributed by atoms with Crippen LogP contribution < -0.4 is 5.32 Å². The van der Waals surface area contributed by atoms with Crippen LogP contribution in [0.4, 0.5) is 0 Å². The third-order valence-corrected chi connectivity index (χ3v) is 7.31. The largest absolute Gasteiger partial charge is 0.354 e. The maximum absolute atomic E-state index is 13.7. The minimum Gasteiger partial charge on any atom is -0.354 e. The van der Waals surface area contributed by atoms with Crippen molar-refractivity contribution >= 4 is 23.6 Å². The number of amides is 2. The molecule has 0 aliphatic carbocycles. The van der Waals surface area contributed by atoms with E-state index in [0.717, 1.165) is 35.3 Å². The maximum atomic E-state index is 13.7. The third-order valence-electron chi connectivity index (χ3n) is 6.32. The van der Waals surface area contributed by atoms with E-state index < -0.39 is 6.04 Å². The minimum atomic E-state index is -0.573. The Labute approximate surface area is 220 Å². The first kappa shape index (κ1) is 27.5. The van der Waals surface area contributed by atoms with Crippen LogP contribution in [0.3, 0.4) is 0 Å². The smallest absolute Gasteiger partial charge is 0.243 e. The number of aryl methyl sites for hydroxylation is 2. The zero-order valence-electron chi connectivity index (χ0n) is 21.7. The SMILES string of the molecule is CCCCNC(=O)[C@@H](Cc1ccccc1)N(Cc1ccccc1C)C(=O)CSCc1ccc(C)cc1. The van der Waals surface area contributed by atoms with Crippen LogP contribution in [0.25, 0.3) is 0 Å². The molecule has 190 valence electrons. The molecule has 3 rings (SSSR count). The number of benzene rings is 3. The van der Waals surface area contributed by atoms with Crippen LogP contribution in [0.5, 0.6) is 0 Å². The first-order valence-corrected chi connectivity index (χ1v) is 13.9. The Bertz CT molecular complexity index is 1100. The molecule has 0 aromatic heterocycles. The number of nitrogens with one attached hydrogen (secondary N) is 1. The van der Waals surface area contributed by atoms with Gasteiger partial charge in [-0.3, -0.25) is 9.59 Å². The molecule has 0 heterocycles. The molecule has 36 heavy (non-hydrogen) atoms. The summed E-state index contributed by atoms with van der Waals surface area (Å²) in [5, 5.41) is 3.09. The molecule has 0 aliphatic rings. The van der Waals surface area contributed by atoms with E-state index in [0.29, 0.717) is 25.3 Å². The van der Waals surface area contributed by atoms with Gasteiger partial charge in [-0.1, -0.05) is 97.8 Å². The number of rotatable bonds is 13. The Morgan fingerprint density at radius 2 is 1.58 bits per heavy atom. The van der Waals surface area contributed by atoms with Gasteiger partial charge < -0.3 is 10.2 Å². The second-order valence-electron chi connectivity index (χ2n) is 9.28. The first-order valence-electron chi connectivity index (χ1n) is 12.8. The van der Waals surface area contributed by atoms with Gasteiger partial charge in [0.2, 0.25) is 11.8 Å². The second kappa shape index (κ2) is 14.5. The topological polar surface area (TPSA) is 49.4 Å². The average molecular weight is 503 g/mol. The highest BCUT2D eigenvalue weighted by Gasteiger charge is 2.30. The van der Waals surface area contributed by atoms with Crippen LogP contribution in [-0.4, -0.2) is 35.1 Å². The zero-order valence-corrected chi connectivity index (χ0v) is 22.5. The molecule has 1 atom stereocenters. The van der Waals surface area contributed by atoms with Crippen molar-refractivity contribution in [1.29, 1.82) is 0 Å². The fourth-order valence-electron chi connectivity index (χ4n) is 4.05. The van der Waals surface area contributed by atoms with Gasteiger partial charge in [-0.25, -0.2) is 0 Å². The van der Waals surface area contributed by atoms with Crippen LogP contribution in [0.15, 0.2) is 78.9 Å². The summed E-state index contributed by atoms with van der Waals surface area (Å²) in [5.41, 5.74) is 5.65. The fourth-order valence-corrected chi connectivity index (χ4v) is 4.93. The average Bonchev–Trinajstić information content (AvgIpc) is 2.89. The van der Waals surface area contributed by atoms with E-state index in [1.807, 2.05) is 48.5 Å². The van der Waals surface area contributed by atoms with Gasteiger partial charge in [-0.05, 0) is 42.5 Å². The quantitative estimate of drug-likeness (QED) is 0.288. The minimum absolute atomic E-state index is 0.0121. The van der Waals surface area contributed by atoms with Gasteiger partial charge in [0.05, 0.1) is 5.75 Å². The normalized spacial score (nSPS) is 11.6. The summed E-state index contributed by atoms with van der Waals surface area (Å²) in [6.45, 7) is 7.26. The molecule has 0 saturated carbocycles. The molecule has 4 nitrogen and oxygen atoms in total. The summed E-state index contributed by atoms with van der Waals surface area (Å²) < 4.78 is 0. The van der Waals surface area contributed by atoms with Gasteiger partial charge in [0.15, 0.2) is 0 Å². The summed E-state index contributed by atoms with van der Waals surface area (Å²) in [5.74, 6) is 0.989. The highest BCUT2D eigenvalue weighted by Crippen LogP contribution is 2.20. The molecule has 0 spiro atoms. The lowest BCUT2D eigenvalue weighted by Crippen LogP contribution is -2.51. The predicted molar refractivity (Wildman–Crippen MR) is 151 cm³/mol. The summed E-state index contributed by atoms with van der Waals surface area (Å²) in [6.07, 6.45) is 2.41. The van der Waals surface area contributed by atoms with Crippen LogP contribution in [0.2, 0.25) is 0 Å². The van der Waals surface area contributed by atoms with Crippen molar-refractivity contribution in [3.8, 4) is 0 Å². The summed E-state index contributed by atoms with van der Waals surface area (Å²) in [7, 11) is 0. The summed E-state index contributed by atoms with van der Waals surface area (Å²) >= 11 is 1.60. The zero-order chi connectivity index (χ0) is 25.8. The number of thioether (sulfide) groups is 1. The summed E-state index contributed by atoms with van der Waals surface area (Å²) in [4.78, 5) is 28.9. The van der Waals surface area contributed by atoms with Gasteiger partial charge in [-0.2, -0.15) is 0 Å². The van der Waals surface area contributed by atoms with Crippen molar-refractivity contribution < 1.29 is 9.59 Å². The molecule has 0 unspecified atom stereocenters. The molecule has 0 fully saturated rings. The van der Waals surface area contributed by atoms with Crippen molar-refractivity contribution in [2.45, 2.75) is 58.4 Å². The van der Waals surface area contributed by atoms with E-state index in [1.165, 1.54) is 11.1 Å². The van der Waals surface area contributed by atoms with Crippen LogP contribution in [0, 0.1) is 13.8 Å². The maximum Gasteiger partial charge on any atom is 0.243 e. The Balaban J connectivity index is 1.83. The fraction of sp³-hybridized carbons (Fsp3) is 0.355. The van der Waals surface area contributed by atoms with Crippen molar-refractivity contribution in [3.05, 3.63) is 107 Å². The molecule has 3 aromatic rings. The molecule has 1 N–H and O–H groups in total. The van der Waals surface area contributed by atoms with E-state index in [9.17, 15) is 9.59 Å². The lowest BCUT2D eigenvalue weighted by molar-refractivity contribution is -0.139. The number of carbonyl (C=O) groups is 2. The van der Waals surface area contributed by atoms with Crippen molar-refractivity contribution in [1.82, 2.24) is 10.2 Å². The molecule has 3 aromatic carbocycles. The van der Waals surface area contributed by atoms with E-state index in [-0.39, 0.29) is 11.8 Å². The van der Waals surface area contributed by atoms with Crippen LogP contribution in [0.1, 0.15) is 47.6 Å². The molecule has 5 heteroatoms. The highest BCUT2D eigenvalue weighted by atomic mass is 32.2. The Kier molecular flexibility index (Phi) is 11.1. The van der Waals surface area contributed by atoms with Crippen LogP contribution >= 0.6 is 11.8 Å². The molecule has 0 radical (unpaired) electrons. The lowest BCUT2D eigenvalue weighted by Gasteiger charge is -2.32. The highest BCUT2D eigenvalue weighted by molar-refractivity contribution is 7.99. The van der Waals surface area contributed by atoms with Crippen molar-refractivity contribution in [3.63, 3.8) is 0 Å². The number of carbonyl (C=O) groups excluding carboxylic acids is 2. The lowest BCUT2D eigenvalue weighted by atomic mass is 10.0. The van der Waals surface area contributed by atoms with Gasteiger partial charge in [0.1, 0.15) is 6.04 Å². The molecular formula is C31H38N2O2S. The Hall–Kier alpha value is -3.05. The van der Waals surface area contributed by atoms with Gasteiger partial charge in [-0.15, -0.1) is 11.8 Å². The predicted octanol–water partition coefficient (Wildman–Crippen LogP) is 6.09. The summed E-state index contributed by atoms with van der Waals surface area (Å²) in [6, 6.07) is 25.9. The molecule has 0 saturated heterocycles. The van der Waals surface area contributed by atoms with Crippen LogP contribution in [-0.2, 0) is 28.3 Å². The monoisotopic (exact) mass is 502 g/mol. The van der Waals surface area contributed by atoms with Crippen molar-refractivity contribution in [2.75, 3.05) is 12.3 Å². The second-order valence-corrected chi connectivity index (χ2v) is 10.3.